The van der Waals surface area contributed by atoms with Crippen molar-refractivity contribution in [2.24, 2.45) is 0 Å². The van der Waals surface area contributed by atoms with E-state index in [1.165, 1.54) is 12.1 Å². The van der Waals surface area contributed by atoms with Gasteiger partial charge in [0.25, 0.3) is 10.0 Å². The van der Waals surface area contributed by atoms with Gasteiger partial charge in [0.05, 0.1) is 4.90 Å². The molecule has 3 aromatic carbocycles. The van der Waals surface area contributed by atoms with Crippen LogP contribution < -0.4 is 10.0 Å². The fraction of sp³-hybridized carbons (Fsp3) is 0.136. The lowest BCUT2D eigenvalue weighted by Gasteiger charge is -2.10. The minimum atomic E-state index is -3.69. The molecule has 0 spiro atoms. The second-order valence-electron chi connectivity index (χ2n) is 6.46. The third-order valence-corrected chi connectivity index (χ3v) is 6.47. The van der Waals surface area contributed by atoms with E-state index in [4.69, 9.17) is 0 Å². The number of aryl methyl sites for hydroxylation is 1. The zero-order chi connectivity index (χ0) is 20.7. The molecule has 0 fully saturated rings. The largest absolute Gasteiger partial charge is 0.326 e. The molecule has 3 aromatic rings. The van der Waals surface area contributed by atoms with Gasteiger partial charge in [-0.1, -0.05) is 30.3 Å². The normalized spacial score (nSPS) is 11.1. The number of thioether (sulfide) groups is 1. The molecule has 2 N–H and O–H groups in total. The number of carbonyl (C=O) groups excluding carboxylic acids is 1. The quantitative estimate of drug-likeness (QED) is 0.502. The summed E-state index contributed by atoms with van der Waals surface area (Å²) in [4.78, 5) is 13.4. The third kappa shape index (κ3) is 6.37. The summed E-state index contributed by atoms with van der Waals surface area (Å²) in [5.41, 5.74) is 2.04. The van der Waals surface area contributed by atoms with Crippen LogP contribution in [0.4, 0.5) is 11.4 Å². The molecule has 3 rings (SSSR count). The number of rotatable bonds is 8. The number of anilines is 2. The van der Waals surface area contributed by atoms with Crippen LogP contribution in [0.15, 0.2) is 88.7 Å². The number of hydrogen-bond donors (Lipinski definition) is 2. The van der Waals surface area contributed by atoms with Crippen molar-refractivity contribution in [3.8, 4) is 0 Å². The van der Waals surface area contributed by atoms with Gasteiger partial charge in [-0.3, -0.25) is 9.52 Å². The average Bonchev–Trinajstić information content (AvgIpc) is 2.69. The Morgan fingerprint density at radius 2 is 1.62 bits per heavy atom. The van der Waals surface area contributed by atoms with Crippen LogP contribution in [-0.2, 0) is 14.8 Å². The summed E-state index contributed by atoms with van der Waals surface area (Å²) in [7, 11) is -3.69. The topological polar surface area (TPSA) is 75.3 Å². The second-order valence-corrected chi connectivity index (χ2v) is 9.31. The van der Waals surface area contributed by atoms with Crippen LogP contribution >= 0.6 is 11.8 Å². The maximum atomic E-state index is 12.5. The predicted molar refractivity (Wildman–Crippen MR) is 119 cm³/mol. The molecule has 0 aromatic heterocycles. The minimum Gasteiger partial charge on any atom is -0.326 e. The lowest BCUT2D eigenvalue weighted by molar-refractivity contribution is -0.115. The van der Waals surface area contributed by atoms with Gasteiger partial charge in [0.15, 0.2) is 0 Å². The van der Waals surface area contributed by atoms with Gasteiger partial charge in [-0.2, -0.15) is 0 Å². The zero-order valence-corrected chi connectivity index (χ0v) is 17.6. The van der Waals surface area contributed by atoms with Crippen molar-refractivity contribution >= 4 is 39.1 Å². The molecule has 7 heteroatoms. The van der Waals surface area contributed by atoms with Crippen molar-refractivity contribution in [2.75, 3.05) is 15.8 Å². The SMILES string of the molecule is Cc1cccc(NS(=O)(=O)c2ccc(NC(=O)CCSc3ccccc3)cc2)c1. The fourth-order valence-corrected chi connectivity index (χ4v) is 4.56. The highest BCUT2D eigenvalue weighted by atomic mass is 32.2. The van der Waals surface area contributed by atoms with Crippen LogP contribution in [0.1, 0.15) is 12.0 Å². The summed E-state index contributed by atoms with van der Waals surface area (Å²) in [5.74, 6) is 0.560. The summed E-state index contributed by atoms with van der Waals surface area (Å²) in [5, 5.41) is 2.80. The first kappa shape index (κ1) is 21.0. The first-order valence-electron chi connectivity index (χ1n) is 9.10. The van der Waals surface area contributed by atoms with E-state index in [9.17, 15) is 13.2 Å². The van der Waals surface area contributed by atoms with Crippen molar-refractivity contribution in [3.05, 3.63) is 84.4 Å². The Bertz CT molecular complexity index is 1070. The Morgan fingerprint density at radius 1 is 0.897 bits per heavy atom. The van der Waals surface area contributed by atoms with Crippen molar-refractivity contribution in [1.29, 1.82) is 0 Å². The summed E-state index contributed by atoms with van der Waals surface area (Å²) in [6, 6.07) is 23.2. The Kier molecular flexibility index (Phi) is 6.95. The first-order valence-corrected chi connectivity index (χ1v) is 11.6. The lowest BCUT2D eigenvalue weighted by Crippen LogP contribution is -2.14. The molecule has 0 aliphatic rings. The fourth-order valence-electron chi connectivity index (χ4n) is 2.64. The second kappa shape index (κ2) is 9.62. The van der Waals surface area contributed by atoms with Gasteiger partial charge in [-0.15, -0.1) is 11.8 Å². The highest BCUT2D eigenvalue weighted by Crippen LogP contribution is 2.20. The van der Waals surface area contributed by atoms with Crippen LogP contribution in [0, 0.1) is 6.92 Å². The van der Waals surface area contributed by atoms with Gasteiger partial charge in [0, 0.05) is 28.4 Å². The van der Waals surface area contributed by atoms with Crippen molar-refractivity contribution in [1.82, 2.24) is 0 Å². The number of sulfonamides is 1. The van der Waals surface area contributed by atoms with Gasteiger partial charge in [-0.05, 0) is 61.0 Å². The van der Waals surface area contributed by atoms with E-state index >= 15 is 0 Å². The maximum Gasteiger partial charge on any atom is 0.261 e. The molecule has 5 nitrogen and oxygen atoms in total. The summed E-state index contributed by atoms with van der Waals surface area (Å²) in [6.07, 6.45) is 0.370. The minimum absolute atomic E-state index is 0.109. The summed E-state index contributed by atoms with van der Waals surface area (Å²) in [6.45, 7) is 1.90. The number of amides is 1. The van der Waals surface area contributed by atoms with Crippen molar-refractivity contribution < 1.29 is 13.2 Å². The third-order valence-electron chi connectivity index (χ3n) is 4.06. The van der Waals surface area contributed by atoms with Gasteiger partial charge in [-0.25, -0.2) is 8.42 Å². The molecule has 0 radical (unpaired) electrons. The standard InChI is InChI=1S/C22H22N2O3S2/c1-17-6-5-7-19(16-17)24-29(26,27)21-12-10-18(11-13-21)23-22(25)14-15-28-20-8-3-2-4-9-20/h2-13,16,24H,14-15H2,1H3,(H,23,25). The van der Waals surface area contributed by atoms with Gasteiger partial charge in [0.1, 0.15) is 0 Å². The molecular weight excluding hydrogens is 404 g/mol. The molecule has 0 unspecified atom stereocenters. The zero-order valence-electron chi connectivity index (χ0n) is 16.0. The van der Waals surface area contributed by atoms with Crippen LogP contribution in [0.5, 0.6) is 0 Å². The van der Waals surface area contributed by atoms with E-state index in [0.717, 1.165) is 10.5 Å². The molecule has 0 saturated heterocycles. The highest BCUT2D eigenvalue weighted by Gasteiger charge is 2.14. The van der Waals surface area contributed by atoms with Crippen molar-refractivity contribution in [2.45, 2.75) is 23.1 Å². The average molecular weight is 427 g/mol. The van der Waals surface area contributed by atoms with Crippen LogP contribution in [0.3, 0.4) is 0 Å². The summed E-state index contributed by atoms with van der Waals surface area (Å²) >= 11 is 1.62. The van der Waals surface area contributed by atoms with Crippen LogP contribution in [0.2, 0.25) is 0 Å². The van der Waals surface area contributed by atoms with Gasteiger partial charge < -0.3 is 5.32 Å². The Morgan fingerprint density at radius 3 is 2.31 bits per heavy atom. The number of nitrogens with one attached hydrogen (secondary N) is 2. The monoisotopic (exact) mass is 426 g/mol. The molecule has 0 bridgehead atoms. The number of hydrogen-bond acceptors (Lipinski definition) is 4. The van der Waals surface area contributed by atoms with Gasteiger partial charge >= 0.3 is 0 Å². The summed E-state index contributed by atoms with van der Waals surface area (Å²) < 4.78 is 27.6. The van der Waals surface area contributed by atoms with E-state index in [1.807, 2.05) is 43.3 Å². The van der Waals surface area contributed by atoms with E-state index in [0.29, 0.717) is 23.5 Å². The molecule has 0 heterocycles. The number of benzene rings is 3. The highest BCUT2D eigenvalue weighted by molar-refractivity contribution is 7.99. The molecule has 0 aliphatic heterocycles. The van der Waals surface area contributed by atoms with E-state index in [-0.39, 0.29) is 10.8 Å². The van der Waals surface area contributed by atoms with E-state index in [1.54, 1.807) is 42.1 Å². The van der Waals surface area contributed by atoms with Gasteiger partial charge in [0.2, 0.25) is 5.91 Å². The van der Waals surface area contributed by atoms with Crippen LogP contribution in [-0.4, -0.2) is 20.1 Å². The Hall–Kier alpha value is -2.77. The molecular formula is C22H22N2O3S2. The predicted octanol–water partition coefficient (Wildman–Crippen LogP) is 4.92. The lowest BCUT2D eigenvalue weighted by atomic mass is 10.2. The van der Waals surface area contributed by atoms with E-state index < -0.39 is 10.0 Å². The smallest absolute Gasteiger partial charge is 0.261 e. The van der Waals surface area contributed by atoms with Crippen LogP contribution in [0.25, 0.3) is 0 Å². The van der Waals surface area contributed by atoms with Crippen molar-refractivity contribution in [3.63, 3.8) is 0 Å². The Balaban J connectivity index is 1.54. The molecule has 150 valence electrons. The molecule has 0 saturated carbocycles. The number of carbonyl (C=O) groups is 1. The van der Waals surface area contributed by atoms with E-state index in [2.05, 4.69) is 10.0 Å². The molecule has 0 aliphatic carbocycles. The first-order chi connectivity index (χ1) is 13.9. The molecule has 29 heavy (non-hydrogen) atoms. The molecule has 1 amide bonds. The Labute approximate surface area is 175 Å². The molecule has 0 atom stereocenters. The maximum absolute atomic E-state index is 12.5.